The van der Waals surface area contributed by atoms with Gasteiger partial charge >= 0.3 is 18.2 Å². The minimum atomic E-state index is -4.23. The van der Waals surface area contributed by atoms with E-state index in [1.807, 2.05) is 6.92 Å². The van der Waals surface area contributed by atoms with Gasteiger partial charge in [0.1, 0.15) is 0 Å². The molecule has 19 heavy (non-hydrogen) atoms. The second kappa shape index (κ2) is 8.60. The van der Waals surface area contributed by atoms with E-state index in [1.165, 1.54) is 0 Å². The Morgan fingerprint density at radius 3 is 2.42 bits per heavy atom. The number of aliphatic carboxylic acids is 1. The highest BCUT2D eigenvalue weighted by atomic mass is 19.4. The summed E-state index contributed by atoms with van der Waals surface area (Å²) in [7, 11) is 0. The first-order valence-corrected chi connectivity index (χ1v) is 6.07. The average molecular weight is 284 g/mol. The third kappa shape index (κ3) is 11.4. The Hall–Kier alpha value is -1.47. The maximum Gasteiger partial charge on any atom is 0.389 e. The maximum absolute atomic E-state index is 11.8. The van der Waals surface area contributed by atoms with Gasteiger partial charge in [0.05, 0.1) is 6.42 Å². The average Bonchev–Trinajstić information content (AvgIpc) is 2.22. The molecule has 0 bridgehead atoms. The van der Waals surface area contributed by atoms with Crippen molar-refractivity contribution >= 4 is 12.0 Å². The summed E-state index contributed by atoms with van der Waals surface area (Å²) in [5.41, 5.74) is 0. The van der Waals surface area contributed by atoms with Crippen LogP contribution in [0.4, 0.5) is 18.0 Å². The molecule has 0 aromatic rings. The van der Waals surface area contributed by atoms with Gasteiger partial charge in [0.2, 0.25) is 0 Å². The van der Waals surface area contributed by atoms with E-state index in [9.17, 15) is 22.8 Å². The predicted molar refractivity (Wildman–Crippen MR) is 62.8 cm³/mol. The van der Waals surface area contributed by atoms with Crippen molar-refractivity contribution < 1.29 is 27.9 Å². The maximum atomic E-state index is 11.8. The van der Waals surface area contributed by atoms with Crippen molar-refractivity contribution in [2.75, 3.05) is 6.54 Å². The van der Waals surface area contributed by atoms with Crippen molar-refractivity contribution in [1.29, 1.82) is 0 Å². The summed E-state index contributed by atoms with van der Waals surface area (Å²) in [6.07, 6.45) is -4.39. The van der Waals surface area contributed by atoms with Gasteiger partial charge in [-0.25, -0.2) is 4.79 Å². The normalized spacial score (nSPS) is 12.8. The van der Waals surface area contributed by atoms with Crippen molar-refractivity contribution in [1.82, 2.24) is 10.6 Å². The first-order chi connectivity index (χ1) is 8.74. The molecule has 0 spiro atoms. The van der Waals surface area contributed by atoms with Gasteiger partial charge < -0.3 is 15.7 Å². The molecular formula is C11H19F3N2O3. The van der Waals surface area contributed by atoms with Gasteiger partial charge in [0, 0.05) is 19.0 Å². The zero-order valence-corrected chi connectivity index (χ0v) is 10.7. The second-order valence-corrected chi connectivity index (χ2v) is 4.20. The Kier molecular flexibility index (Phi) is 7.94. The number of alkyl halides is 3. The van der Waals surface area contributed by atoms with Crippen molar-refractivity contribution in [3.8, 4) is 0 Å². The minimum Gasteiger partial charge on any atom is -0.481 e. The zero-order chi connectivity index (χ0) is 14.9. The molecular weight excluding hydrogens is 265 g/mol. The Bertz CT molecular complexity index is 295. The number of hydrogen-bond acceptors (Lipinski definition) is 2. The van der Waals surface area contributed by atoms with Gasteiger partial charge in [-0.15, -0.1) is 0 Å². The van der Waals surface area contributed by atoms with Gasteiger partial charge in [-0.1, -0.05) is 13.3 Å². The summed E-state index contributed by atoms with van der Waals surface area (Å²) in [6.45, 7) is 1.75. The number of carbonyl (C=O) groups is 2. The van der Waals surface area contributed by atoms with E-state index in [2.05, 4.69) is 10.6 Å². The van der Waals surface area contributed by atoms with E-state index in [0.717, 1.165) is 0 Å². The SMILES string of the molecule is CCCC(CC(=O)O)NC(=O)NCCCC(F)(F)F. The minimum absolute atomic E-state index is 0.0999. The van der Waals surface area contributed by atoms with Crippen molar-refractivity contribution in [2.24, 2.45) is 0 Å². The molecule has 1 atom stereocenters. The van der Waals surface area contributed by atoms with E-state index in [0.29, 0.717) is 12.8 Å². The Balaban J connectivity index is 3.89. The van der Waals surface area contributed by atoms with Gasteiger partial charge in [-0.05, 0) is 12.8 Å². The van der Waals surface area contributed by atoms with Crippen LogP contribution >= 0.6 is 0 Å². The number of carboxylic acids is 1. The number of halogens is 3. The monoisotopic (exact) mass is 284 g/mol. The number of nitrogens with one attached hydrogen (secondary N) is 2. The number of hydrogen-bond donors (Lipinski definition) is 3. The largest absolute Gasteiger partial charge is 0.481 e. The molecule has 5 nitrogen and oxygen atoms in total. The molecule has 0 radical (unpaired) electrons. The van der Waals surface area contributed by atoms with Gasteiger partial charge in [0.15, 0.2) is 0 Å². The van der Waals surface area contributed by atoms with Gasteiger partial charge in [-0.2, -0.15) is 13.2 Å². The summed E-state index contributed by atoms with van der Waals surface area (Å²) >= 11 is 0. The Morgan fingerprint density at radius 2 is 1.95 bits per heavy atom. The number of urea groups is 1. The first-order valence-electron chi connectivity index (χ1n) is 6.07. The molecule has 0 aliphatic carbocycles. The van der Waals surface area contributed by atoms with E-state index in [-0.39, 0.29) is 19.4 Å². The zero-order valence-electron chi connectivity index (χ0n) is 10.7. The summed E-state index contributed by atoms with van der Waals surface area (Å²) in [5.74, 6) is -1.03. The molecule has 0 saturated heterocycles. The highest BCUT2D eigenvalue weighted by Crippen LogP contribution is 2.20. The third-order valence-corrected chi connectivity index (χ3v) is 2.32. The summed E-state index contributed by atoms with van der Waals surface area (Å²) < 4.78 is 35.5. The van der Waals surface area contributed by atoms with Crippen LogP contribution in [0.1, 0.15) is 39.0 Å². The summed E-state index contributed by atoms with van der Waals surface area (Å²) in [5, 5.41) is 13.3. The quantitative estimate of drug-likeness (QED) is 0.598. The van der Waals surface area contributed by atoms with Crippen LogP contribution in [0.15, 0.2) is 0 Å². The fraction of sp³-hybridized carbons (Fsp3) is 0.818. The van der Waals surface area contributed by atoms with E-state index in [4.69, 9.17) is 5.11 Å². The van der Waals surface area contributed by atoms with E-state index in [1.54, 1.807) is 0 Å². The topological polar surface area (TPSA) is 78.4 Å². The predicted octanol–water partition coefficient (Wildman–Crippen LogP) is 2.27. The van der Waals surface area contributed by atoms with Crippen LogP contribution in [0, 0.1) is 0 Å². The summed E-state index contributed by atoms with van der Waals surface area (Å²) in [6, 6.07) is -1.15. The van der Waals surface area contributed by atoms with Crippen LogP contribution in [0.2, 0.25) is 0 Å². The lowest BCUT2D eigenvalue weighted by Crippen LogP contribution is -2.43. The highest BCUT2D eigenvalue weighted by Gasteiger charge is 2.26. The standard InChI is InChI=1S/C11H19F3N2O3/c1-2-4-8(7-9(17)18)16-10(19)15-6-3-5-11(12,13)14/h8H,2-7H2,1H3,(H,17,18)(H2,15,16,19). The van der Waals surface area contributed by atoms with Crippen molar-refractivity contribution in [3.63, 3.8) is 0 Å². The van der Waals surface area contributed by atoms with E-state index < -0.39 is 30.6 Å². The highest BCUT2D eigenvalue weighted by molar-refractivity contribution is 5.75. The number of carboxylic acid groups (broad SMARTS) is 1. The Labute approximate surface area is 109 Å². The lowest BCUT2D eigenvalue weighted by molar-refractivity contribution is -0.137. The lowest BCUT2D eigenvalue weighted by Gasteiger charge is -2.16. The molecule has 0 aliphatic rings. The van der Waals surface area contributed by atoms with Crippen molar-refractivity contribution in [3.05, 3.63) is 0 Å². The molecule has 0 saturated carbocycles. The molecule has 0 aliphatic heterocycles. The molecule has 0 heterocycles. The van der Waals surface area contributed by atoms with Crippen LogP contribution in [0.3, 0.4) is 0 Å². The van der Waals surface area contributed by atoms with Crippen LogP contribution in [-0.2, 0) is 4.79 Å². The fourth-order valence-corrected chi connectivity index (χ4v) is 1.51. The lowest BCUT2D eigenvalue weighted by atomic mass is 10.1. The fourth-order valence-electron chi connectivity index (χ4n) is 1.51. The molecule has 1 unspecified atom stereocenters. The third-order valence-electron chi connectivity index (χ3n) is 2.32. The molecule has 0 aromatic carbocycles. The van der Waals surface area contributed by atoms with E-state index >= 15 is 0 Å². The molecule has 2 amide bonds. The molecule has 8 heteroatoms. The van der Waals surface area contributed by atoms with Crippen LogP contribution in [0.5, 0.6) is 0 Å². The summed E-state index contributed by atoms with van der Waals surface area (Å²) in [4.78, 5) is 21.9. The molecule has 112 valence electrons. The number of carbonyl (C=O) groups excluding carboxylic acids is 1. The molecule has 3 N–H and O–H groups in total. The number of rotatable bonds is 8. The first kappa shape index (κ1) is 17.5. The smallest absolute Gasteiger partial charge is 0.389 e. The molecule has 0 rings (SSSR count). The van der Waals surface area contributed by atoms with Crippen LogP contribution in [0.25, 0.3) is 0 Å². The van der Waals surface area contributed by atoms with Crippen molar-refractivity contribution in [2.45, 2.75) is 51.2 Å². The molecule has 0 aromatic heterocycles. The van der Waals surface area contributed by atoms with Gasteiger partial charge in [-0.3, -0.25) is 4.79 Å². The number of amides is 2. The Morgan fingerprint density at radius 1 is 1.32 bits per heavy atom. The van der Waals surface area contributed by atoms with Gasteiger partial charge in [0.25, 0.3) is 0 Å². The van der Waals surface area contributed by atoms with Crippen LogP contribution < -0.4 is 10.6 Å². The van der Waals surface area contributed by atoms with Crippen LogP contribution in [-0.4, -0.2) is 35.9 Å². The second-order valence-electron chi connectivity index (χ2n) is 4.20. The molecule has 0 fully saturated rings.